The lowest BCUT2D eigenvalue weighted by molar-refractivity contribution is -0.114. The minimum Gasteiger partial charge on any atom is -0.508 e. The number of hydrogen-bond donors (Lipinski definition) is 2. The molecule has 0 aliphatic heterocycles. The van der Waals surface area contributed by atoms with E-state index < -0.39 is 0 Å². The number of nitrogens with zero attached hydrogens (tertiary/aromatic N) is 2. The zero-order chi connectivity index (χ0) is 13.3. The van der Waals surface area contributed by atoms with Crippen LogP contribution in [0.25, 0.3) is 11.1 Å². The Kier molecular flexibility index (Phi) is 3.06. The van der Waals surface area contributed by atoms with Crippen molar-refractivity contribution in [3.8, 4) is 16.9 Å². The average Bonchev–Trinajstić information content (AvgIpc) is 2.55. The second-order valence-corrected chi connectivity index (χ2v) is 4.16. The van der Waals surface area contributed by atoms with Crippen LogP contribution in [0.15, 0.2) is 24.3 Å². The van der Waals surface area contributed by atoms with Gasteiger partial charge in [-0.05, 0) is 24.6 Å². The Hall–Kier alpha value is -2.30. The van der Waals surface area contributed by atoms with Crippen molar-refractivity contribution in [2.45, 2.75) is 13.8 Å². The molecule has 1 aromatic carbocycles. The Morgan fingerprint density at radius 2 is 1.94 bits per heavy atom. The van der Waals surface area contributed by atoms with E-state index in [-0.39, 0.29) is 11.7 Å². The lowest BCUT2D eigenvalue weighted by Crippen LogP contribution is -2.10. The summed E-state index contributed by atoms with van der Waals surface area (Å²) in [6.07, 6.45) is 0. The highest BCUT2D eigenvalue weighted by atomic mass is 16.3. The first-order valence-corrected chi connectivity index (χ1v) is 5.59. The zero-order valence-corrected chi connectivity index (χ0v) is 10.6. The fraction of sp³-hybridized carbons (Fsp3) is 0.231. The molecule has 0 saturated carbocycles. The van der Waals surface area contributed by atoms with Gasteiger partial charge in [0, 0.05) is 19.5 Å². The fourth-order valence-corrected chi connectivity index (χ4v) is 1.94. The molecule has 94 valence electrons. The number of aryl methyl sites for hydroxylation is 2. The van der Waals surface area contributed by atoms with E-state index in [0.717, 1.165) is 16.8 Å². The molecule has 18 heavy (non-hydrogen) atoms. The Morgan fingerprint density at radius 1 is 1.33 bits per heavy atom. The van der Waals surface area contributed by atoms with Crippen LogP contribution in [0.1, 0.15) is 12.6 Å². The van der Waals surface area contributed by atoms with Crippen molar-refractivity contribution < 1.29 is 9.90 Å². The number of nitrogens with one attached hydrogen (secondary N) is 1. The maximum absolute atomic E-state index is 11.2. The summed E-state index contributed by atoms with van der Waals surface area (Å²) in [5, 5.41) is 16.4. The number of carbonyl (C=O) groups is 1. The van der Waals surface area contributed by atoms with Crippen molar-refractivity contribution in [2.75, 3.05) is 5.32 Å². The molecule has 0 spiro atoms. The molecule has 1 aromatic heterocycles. The molecule has 0 bridgehead atoms. The van der Waals surface area contributed by atoms with Gasteiger partial charge in [-0.25, -0.2) is 0 Å². The summed E-state index contributed by atoms with van der Waals surface area (Å²) in [4.78, 5) is 11.2. The summed E-state index contributed by atoms with van der Waals surface area (Å²) >= 11 is 0. The van der Waals surface area contributed by atoms with Crippen molar-refractivity contribution in [1.82, 2.24) is 9.78 Å². The van der Waals surface area contributed by atoms with Crippen LogP contribution in [-0.4, -0.2) is 20.8 Å². The van der Waals surface area contributed by atoms with Crippen LogP contribution in [0.3, 0.4) is 0 Å². The Bertz CT molecular complexity index is 585. The SMILES string of the molecule is CC(=O)Nc1c(-c2ccc(O)cc2)c(C)nn1C. The summed E-state index contributed by atoms with van der Waals surface area (Å²) in [7, 11) is 1.78. The number of benzene rings is 1. The fourth-order valence-electron chi connectivity index (χ4n) is 1.94. The molecule has 2 rings (SSSR count). The largest absolute Gasteiger partial charge is 0.508 e. The van der Waals surface area contributed by atoms with E-state index in [2.05, 4.69) is 10.4 Å². The number of phenolic OH excluding ortho intramolecular Hbond substituents is 1. The van der Waals surface area contributed by atoms with E-state index in [9.17, 15) is 9.90 Å². The number of phenols is 1. The van der Waals surface area contributed by atoms with Gasteiger partial charge in [0.2, 0.25) is 5.91 Å². The van der Waals surface area contributed by atoms with Crippen LogP contribution >= 0.6 is 0 Å². The predicted molar refractivity (Wildman–Crippen MR) is 69.3 cm³/mol. The number of amides is 1. The van der Waals surface area contributed by atoms with Crippen molar-refractivity contribution in [3.05, 3.63) is 30.0 Å². The molecule has 1 heterocycles. The van der Waals surface area contributed by atoms with Crippen molar-refractivity contribution >= 4 is 11.7 Å². The van der Waals surface area contributed by atoms with E-state index in [4.69, 9.17) is 0 Å². The summed E-state index contributed by atoms with van der Waals surface area (Å²) in [6.45, 7) is 3.34. The van der Waals surface area contributed by atoms with Crippen LogP contribution in [0.4, 0.5) is 5.82 Å². The number of carbonyl (C=O) groups excluding carboxylic acids is 1. The molecule has 5 heteroatoms. The second-order valence-electron chi connectivity index (χ2n) is 4.16. The lowest BCUT2D eigenvalue weighted by atomic mass is 10.1. The van der Waals surface area contributed by atoms with Crippen molar-refractivity contribution in [2.24, 2.45) is 7.05 Å². The molecule has 0 fully saturated rings. The zero-order valence-electron chi connectivity index (χ0n) is 10.6. The third-order valence-electron chi connectivity index (χ3n) is 2.67. The van der Waals surface area contributed by atoms with E-state index in [1.54, 1.807) is 36.0 Å². The van der Waals surface area contributed by atoms with Gasteiger partial charge in [0.15, 0.2) is 0 Å². The van der Waals surface area contributed by atoms with Gasteiger partial charge in [-0.2, -0.15) is 5.10 Å². The summed E-state index contributed by atoms with van der Waals surface area (Å²) in [5.41, 5.74) is 2.60. The smallest absolute Gasteiger partial charge is 0.222 e. The molecule has 0 radical (unpaired) electrons. The molecule has 0 aliphatic carbocycles. The maximum Gasteiger partial charge on any atom is 0.222 e. The van der Waals surface area contributed by atoms with E-state index in [1.165, 1.54) is 6.92 Å². The Morgan fingerprint density at radius 3 is 2.50 bits per heavy atom. The molecule has 1 amide bonds. The molecular formula is C13H15N3O2. The van der Waals surface area contributed by atoms with Crippen molar-refractivity contribution in [3.63, 3.8) is 0 Å². The molecule has 0 saturated heterocycles. The summed E-state index contributed by atoms with van der Waals surface area (Å²) < 4.78 is 1.64. The van der Waals surface area contributed by atoms with Gasteiger partial charge in [-0.15, -0.1) is 0 Å². The minimum atomic E-state index is -0.141. The van der Waals surface area contributed by atoms with E-state index in [1.807, 2.05) is 6.92 Å². The lowest BCUT2D eigenvalue weighted by Gasteiger charge is -2.07. The third-order valence-corrected chi connectivity index (χ3v) is 2.67. The quantitative estimate of drug-likeness (QED) is 0.851. The molecule has 0 unspecified atom stereocenters. The molecule has 5 nitrogen and oxygen atoms in total. The van der Waals surface area contributed by atoms with Crippen LogP contribution < -0.4 is 5.32 Å². The Balaban J connectivity index is 2.55. The summed E-state index contributed by atoms with van der Waals surface area (Å²) in [5.74, 6) is 0.727. The van der Waals surface area contributed by atoms with Crippen LogP contribution in [0.5, 0.6) is 5.75 Å². The van der Waals surface area contributed by atoms with Gasteiger partial charge in [0.05, 0.1) is 5.69 Å². The van der Waals surface area contributed by atoms with Crippen molar-refractivity contribution in [1.29, 1.82) is 0 Å². The molecule has 2 N–H and O–H groups in total. The van der Waals surface area contributed by atoms with Gasteiger partial charge < -0.3 is 10.4 Å². The number of anilines is 1. The first kappa shape index (κ1) is 12.2. The minimum absolute atomic E-state index is 0.141. The average molecular weight is 245 g/mol. The molecular weight excluding hydrogens is 230 g/mol. The van der Waals surface area contributed by atoms with E-state index >= 15 is 0 Å². The number of aromatic nitrogens is 2. The van der Waals surface area contributed by atoms with Gasteiger partial charge in [0.25, 0.3) is 0 Å². The van der Waals surface area contributed by atoms with Gasteiger partial charge in [-0.1, -0.05) is 12.1 Å². The molecule has 2 aromatic rings. The van der Waals surface area contributed by atoms with Gasteiger partial charge in [-0.3, -0.25) is 9.48 Å². The number of rotatable bonds is 2. The highest BCUT2D eigenvalue weighted by Crippen LogP contribution is 2.31. The Labute approximate surface area is 105 Å². The van der Waals surface area contributed by atoms with Gasteiger partial charge >= 0.3 is 0 Å². The summed E-state index contributed by atoms with van der Waals surface area (Å²) in [6, 6.07) is 6.81. The first-order chi connectivity index (χ1) is 8.49. The second kappa shape index (κ2) is 4.52. The van der Waals surface area contributed by atoms with Crippen LogP contribution in [0, 0.1) is 6.92 Å². The molecule has 0 aliphatic rings. The van der Waals surface area contributed by atoms with Crippen LogP contribution in [0.2, 0.25) is 0 Å². The number of hydrogen-bond acceptors (Lipinski definition) is 3. The highest BCUT2D eigenvalue weighted by molar-refractivity contribution is 5.93. The van der Waals surface area contributed by atoms with Crippen LogP contribution in [-0.2, 0) is 11.8 Å². The predicted octanol–water partition coefficient (Wildman–Crippen LogP) is 2.06. The van der Waals surface area contributed by atoms with E-state index in [0.29, 0.717) is 5.82 Å². The monoisotopic (exact) mass is 245 g/mol. The van der Waals surface area contributed by atoms with Gasteiger partial charge in [0.1, 0.15) is 11.6 Å². The topological polar surface area (TPSA) is 67.2 Å². The third kappa shape index (κ3) is 2.20. The number of aromatic hydroxyl groups is 1. The first-order valence-electron chi connectivity index (χ1n) is 5.59. The standard InChI is InChI=1S/C13H15N3O2/c1-8-12(10-4-6-11(18)7-5-10)13(14-9(2)17)16(3)15-8/h4-7,18H,1-3H3,(H,14,17). The maximum atomic E-state index is 11.2. The normalized spacial score (nSPS) is 10.4. The molecule has 0 atom stereocenters. The highest BCUT2D eigenvalue weighted by Gasteiger charge is 2.15.